The van der Waals surface area contributed by atoms with Crippen molar-refractivity contribution in [3.63, 3.8) is 0 Å². The topological polar surface area (TPSA) is 71.6 Å². The average molecular weight is 299 g/mol. The first-order valence-electron chi connectivity index (χ1n) is 7.10. The van der Waals surface area contributed by atoms with Crippen LogP contribution in [0.2, 0.25) is 0 Å². The van der Waals surface area contributed by atoms with Crippen LogP contribution in [0.5, 0.6) is 0 Å². The molecule has 3 rings (SSSR count). The molecule has 1 aromatic rings. The summed E-state index contributed by atoms with van der Waals surface area (Å²) in [6.45, 7) is 6.77. The summed E-state index contributed by atoms with van der Waals surface area (Å²) in [5, 5.41) is 13.9. The first-order valence-corrected chi connectivity index (χ1v) is 8.25. The Hall–Kier alpha value is -0.630. The molecule has 2 fully saturated rings. The standard InChI is InChI=1S/C13H21N3O3S/c1-8(2)16-3-4-18-11(5-16)12-14-13(19-15-12)9-6-20-7-10(9)17/h8-11,17H,3-7H2,1-2H3. The maximum atomic E-state index is 9.89. The molecular formula is C13H21N3O3S. The fourth-order valence-electron chi connectivity index (χ4n) is 2.60. The molecule has 2 aliphatic rings. The normalized spacial score (nSPS) is 32.1. The van der Waals surface area contributed by atoms with Gasteiger partial charge in [-0.05, 0) is 13.8 Å². The van der Waals surface area contributed by atoms with Gasteiger partial charge in [0.05, 0.1) is 18.6 Å². The molecule has 0 amide bonds. The predicted octanol–water partition coefficient (Wildman–Crippen LogP) is 1.04. The van der Waals surface area contributed by atoms with Gasteiger partial charge in [0, 0.05) is 30.6 Å². The van der Waals surface area contributed by atoms with Gasteiger partial charge in [0.2, 0.25) is 11.7 Å². The van der Waals surface area contributed by atoms with E-state index in [4.69, 9.17) is 9.26 Å². The summed E-state index contributed by atoms with van der Waals surface area (Å²) in [6.07, 6.45) is -0.511. The van der Waals surface area contributed by atoms with Crippen molar-refractivity contribution < 1.29 is 14.4 Å². The minimum Gasteiger partial charge on any atom is -0.391 e. The lowest BCUT2D eigenvalue weighted by molar-refractivity contribution is -0.0450. The highest BCUT2D eigenvalue weighted by atomic mass is 32.2. The van der Waals surface area contributed by atoms with Crippen molar-refractivity contribution in [2.24, 2.45) is 0 Å². The van der Waals surface area contributed by atoms with Crippen molar-refractivity contribution in [1.29, 1.82) is 0 Å². The fourth-order valence-corrected chi connectivity index (χ4v) is 3.83. The van der Waals surface area contributed by atoms with Crippen molar-refractivity contribution in [3.8, 4) is 0 Å². The molecule has 3 atom stereocenters. The zero-order chi connectivity index (χ0) is 14.1. The van der Waals surface area contributed by atoms with Crippen LogP contribution >= 0.6 is 11.8 Å². The van der Waals surface area contributed by atoms with Gasteiger partial charge in [-0.1, -0.05) is 5.16 Å². The van der Waals surface area contributed by atoms with E-state index in [0.717, 1.165) is 24.6 Å². The number of aliphatic hydroxyl groups excluding tert-OH is 1. The van der Waals surface area contributed by atoms with Crippen LogP contribution in [0.15, 0.2) is 4.52 Å². The van der Waals surface area contributed by atoms with Crippen LogP contribution in [0.1, 0.15) is 37.6 Å². The number of nitrogens with zero attached hydrogens (tertiary/aromatic N) is 3. The van der Waals surface area contributed by atoms with E-state index < -0.39 is 0 Å². The smallest absolute Gasteiger partial charge is 0.233 e. The maximum Gasteiger partial charge on any atom is 0.233 e. The van der Waals surface area contributed by atoms with Crippen LogP contribution in [-0.4, -0.2) is 63.5 Å². The van der Waals surface area contributed by atoms with E-state index in [1.807, 2.05) is 0 Å². The summed E-state index contributed by atoms with van der Waals surface area (Å²) < 4.78 is 11.1. The third kappa shape index (κ3) is 2.86. The van der Waals surface area contributed by atoms with E-state index in [2.05, 4.69) is 28.9 Å². The zero-order valence-electron chi connectivity index (χ0n) is 11.9. The van der Waals surface area contributed by atoms with Gasteiger partial charge >= 0.3 is 0 Å². The van der Waals surface area contributed by atoms with E-state index in [9.17, 15) is 5.11 Å². The number of rotatable bonds is 3. The van der Waals surface area contributed by atoms with Crippen LogP contribution in [-0.2, 0) is 4.74 Å². The van der Waals surface area contributed by atoms with Crippen molar-refractivity contribution in [1.82, 2.24) is 15.0 Å². The highest BCUT2D eigenvalue weighted by Gasteiger charge is 2.34. The van der Waals surface area contributed by atoms with Crippen LogP contribution in [0.3, 0.4) is 0 Å². The fraction of sp³-hybridized carbons (Fsp3) is 0.846. The number of ether oxygens (including phenoxy) is 1. The highest BCUT2D eigenvalue weighted by Crippen LogP contribution is 2.32. The van der Waals surface area contributed by atoms with Crippen molar-refractivity contribution in [2.75, 3.05) is 31.2 Å². The van der Waals surface area contributed by atoms with E-state index >= 15 is 0 Å². The molecule has 0 spiro atoms. The lowest BCUT2D eigenvalue weighted by Gasteiger charge is -2.34. The number of aliphatic hydroxyl groups is 1. The Balaban J connectivity index is 1.70. The molecule has 0 aliphatic carbocycles. The van der Waals surface area contributed by atoms with Crippen molar-refractivity contribution in [2.45, 2.75) is 38.0 Å². The summed E-state index contributed by atoms with van der Waals surface area (Å²) >= 11 is 1.72. The Kier molecular flexibility index (Phi) is 4.30. The van der Waals surface area contributed by atoms with Gasteiger partial charge in [-0.25, -0.2) is 0 Å². The first kappa shape index (κ1) is 14.3. The lowest BCUT2D eigenvalue weighted by atomic mass is 10.1. The molecule has 6 nitrogen and oxygen atoms in total. The van der Waals surface area contributed by atoms with Crippen LogP contribution in [0, 0.1) is 0 Å². The molecule has 0 radical (unpaired) electrons. The quantitative estimate of drug-likeness (QED) is 0.894. The maximum absolute atomic E-state index is 9.89. The Labute approximate surface area is 122 Å². The Morgan fingerprint density at radius 2 is 2.25 bits per heavy atom. The Morgan fingerprint density at radius 1 is 1.40 bits per heavy atom. The van der Waals surface area contributed by atoms with Gasteiger partial charge in [0.15, 0.2) is 0 Å². The van der Waals surface area contributed by atoms with Gasteiger partial charge in [-0.15, -0.1) is 0 Å². The Morgan fingerprint density at radius 3 is 2.95 bits per heavy atom. The van der Waals surface area contributed by atoms with Gasteiger partial charge < -0.3 is 14.4 Å². The second-order valence-electron chi connectivity index (χ2n) is 5.65. The lowest BCUT2D eigenvalue weighted by Crippen LogP contribution is -2.42. The number of morpholine rings is 1. The number of aromatic nitrogens is 2. The largest absolute Gasteiger partial charge is 0.391 e. The summed E-state index contributed by atoms with van der Waals surface area (Å²) in [7, 11) is 0. The molecule has 0 saturated carbocycles. The average Bonchev–Trinajstić information content (AvgIpc) is 3.07. The summed E-state index contributed by atoms with van der Waals surface area (Å²) in [6, 6.07) is 0.487. The molecule has 112 valence electrons. The third-order valence-corrected chi connectivity index (χ3v) is 5.11. The molecule has 2 aliphatic heterocycles. The highest BCUT2D eigenvalue weighted by molar-refractivity contribution is 7.99. The summed E-state index contributed by atoms with van der Waals surface area (Å²) in [5.74, 6) is 2.69. The molecule has 3 unspecified atom stereocenters. The number of hydrogen-bond acceptors (Lipinski definition) is 7. The molecular weight excluding hydrogens is 278 g/mol. The second kappa shape index (κ2) is 6.01. The molecule has 3 heterocycles. The monoisotopic (exact) mass is 299 g/mol. The van der Waals surface area contributed by atoms with Gasteiger partial charge in [0.25, 0.3) is 0 Å². The van der Waals surface area contributed by atoms with E-state index in [-0.39, 0.29) is 18.1 Å². The summed E-state index contributed by atoms with van der Waals surface area (Å²) in [4.78, 5) is 6.81. The second-order valence-corrected chi connectivity index (χ2v) is 6.73. The molecule has 1 N–H and O–H groups in total. The minimum absolute atomic E-state index is 0.0361. The van der Waals surface area contributed by atoms with Crippen molar-refractivity contribution in [3.05, 3.63) is 11.7 Å². The summed E-state index contributed by atoms with van der Waals surface area (Å²) in [5.41, 5.74) is 0. The molecule has 20 heavy (non-hydrogen) atoms. The van der Waals surface area contributed by atoms with Crippen LogP contribution in [0.25, 0.3) is 0 Å². The van der Waals surface area contributed by atoms with Crippen molar-refractivity contribution >= 4 is 11.8 Å². The zero-order valence-corrected chi connectivity index (χ0v) is 12.7. The molecule has 2 saturated heterocycles. The van der Waals surface area contributed by atoms with E-state index in [1.54, 1.807) is 11.8 Å². The molecule has 0 aromatic carbocycles. The number of hydrogen-bond donors (Lipinski definition) is 1. The van der Waals surface area contributed by atoms with Crippen LogP contribution in [0.4, 0.5) is 0 Å². The van der Waals surface area contributed by atoms with E-state index in [1.165, 1.54) is 0 Å². The van der Waals surface area contributed by atoms with Gasteiger partial charge in [-0.3, -0.25) is 4.90 Å². The number of thioether (sulfide) groups is 1. The van der Waals surface area contributed by atoms with Gasteiger partial charge in [-0.2, -0.15) is 16.7 Å². The molecule has 0 bridgehead atoms. The minimum atomic E-state index is -0.382. The van der Waals surface area contributed by atoms with E-state index in [0.29, 0.717) is 24.4 Å². The SMILES string of the molecule is CC(C)N1CCOC(c2noc(C3CSCC3O)n2)C1. The third-order valence-electron chi connectivity index (χ3n) is 3.94. The first-order chi connectivity index (χ1) is 9.65. The molecule has 1 aromatic heterocycles. The van der Waals surface area contributed by atoms with Gasteiger partial charge in [0.1, 0.15) is 6.10 Å². The van der Waals surface area contributed by atoms with Crippen LogP contribution < -0.4 is 0 Å². The Bertz CT molecular complexity index is 454. The molecule has 7 heteroatoms. The predicted molar refractivity (Wildman–Crippen MR) is 75.8 cm³/mol.